The number of anilines is 1. The van der Waals surface area contributed by atoms with Crippen LogP contribution >= 0.6 is 0 Å². The molecule has 20 heavy (non-hydrogen) atoms. The molecule has 0 radical (unpaired) electrons. The molecule has 0 amide bonds. The highest BCUT2D eigenvalue weighted by molar-refractivity contribution is 5.20. The lowest BCUT2D eigenvalue weighted by atomic mass is 9.83. The summed E-state index contributed by atoms with van der Waals surface area (Å²) in [7, 11) is 0. The van der Waals surface area contributed by atoms with Gasteiger partial charge in [0.15, 0.2) is 0 Å². The van der Waals surface area contributed by atoms with E-state index < -0.39 is 0 Å². The molecule has 1 saturated carbocycles. The van der Waals surface area contributed by atoms with Crippen LogP contribution in [0.5, 0.6) is 0 Å². The van der Waals surface area contributed by atoms with Crippen LogP contribution in [0.3, 0.4) is 0 Å². The zero-order valence-electron chi connectivity index (χ0n) is 13.0. The van der Waals surface area contributed by atoms with E-state index in [0.29, 0.717) is 30.5 Å². The molecule has 5 heteroatoms. The lowest BCUT2D eigenvalue weighted by molar-refractivity contribution is 0.308. The first-order chi connectivity index (χ1) is 9.69. The molecule has 114 valence electrons. The number of hydrogen-bond acceptors (Lipinski definition) is 5. The Morgan fingerprint density at radius 2 is 1.95 bits per heavy atom. The Balaban J connectivity index is 1.87. The first-order valence-electron chi connectivity index (χ1n) is 8.01. The molecular formula is C15H28N4O. The average molecular weight is 280 g/mol. The molecular weight excluding hydrogens is 252 g/mol. The second-order valence-electron chi connectivity index (χ2n) is 6.09. The van der Waals surface area contributed by atoms with Crippen molar-refractivity contribution in [3.8, 4) is 0 Å². The van der Waals surface area contributed by atoms with Crippen LogP contribution < -0.4 is 10.6 Å². The minimum atomic E-state index is 0.420. The maximum atomic E-state index is 5.66. The van der Waals surface area contributed by atoms with E-state index in [0.717, 1.165) is 12.3 Å². The predicted octanol–water partition coefficient (Wildman–Crippen LogP) is 3.34. The molecule has 1 aromatic rings. The van der Waals surface area contributed by atoms with Crippen molar-refractivity contribution < 1.29 is 4.42 Å². The number of rotatable bonds is 7. The number of hydrogen-bond donors (Lipinski definition) is 2. The summed E-state index contributed by atoms with van der Waals surface area (Å²) in [6.07, 6.45) is 7.85. The van der Waals surface area contributed by atoms with E-state index in [9.17, 15) is 0 Å². The smallest absolute Gasteiger partial charge is 0.315 e. The van der Waals surface area contributed by atoms with Gasteiger partial charge in [0.2, 0.25) is 5.89 Å². The molecule has 2 rings (SSSR count). The van der Waals surface area contributed by atoms with Crippen LogP contribution in [-0.4, -0.2) is 22.3 Å². The summed E-state index contributed by atoms with van der Waals surface area (Å²) >= 11 is 0. The van der Waals surface area contributed by atoms with E-state index in [2.05, 4.69) is 41.6 Å². The van der Waals surface area contributed by atoms with Gasteiger partial charge in [-0.3, -0.25) is 0 Å². The van der Waals surface area contributed by atoms with Gasteiger partial charge < -0.3 is 15.1 Å². The number of aromatic nitrogens is 2. The van der Waals surface area contributed by atoms with Crippen LogP contribution in [0.1, 0.15) is 65.2 Å². The molecule has 1 aliphatic rings. The molecule has 1 heterocycles. The predicted molar refractivity (Wildman–Crippen MR) is 80.6 cm³/mol. The first-order valence-corrected chi connectivity index (χ1v) is 8.01. The molecule has 1 fully saturated rings. The molecule has 0 bridgehead atoms. The van der Waals surface area contributed by atoms with Gasteiger partial charge in [0.05, 0.1) is 6.54 Å². The minimum absolute atomic E-state index is 0.420. The average Bonchev–Trinajstić information content (AvgIpc) is 2.91. The van der Waals surface area contributed by atoms with Gasteiger partial charge in [0.25, 0.3) is 0 Å². The van der Waals surface area contributed by atoms with Crippen molar-refractivity contribution in [2.24, 2.45) is 5.92 Å². The first kappa shape index (κ1) is 15.3. The van der Waals surface area contributed by atoms with Crippen molar-refractivity contribution in [2.45, 2.75) is 77.9 Å². The summed E-state index contributed by atoms with van der Waals surface area (Å²) in [5.41, 5.74) is 0. The third kappa shape index (κ3) is 4.47. The highest BCUT2D eigenvalue weighted by Crippen LogP contribution is 2.29. The van der Waals surface area contributed by atoms with Gasteiger partial charge in [-0.15, -0.1) is 5.10 Å². The monoisotopic (exact) mass is 280 g/mol. The third-order valence-electron chi connectivity index (χ3n) is 4.10. The Bertz CT molecular complexity index is 385. The van der Waals surface area contributed by atoms with Crippen molar-refractivity contribution in [3.05, 3.63) is 5.89 Å². The van der Waals surface area contributed by atoms with Crippen molar-refractivity contribution in [2.75, 3.05) is 5.32 Å². The third-order valence-corrected chi connectivity index (χ3v) is 4.10. The molecule has 2 N–H and O–H groups in total. The van der Waals surface area contributed by atoms with E-state index >= 15 is 0 Å². The maximum Gasteiger partial charge on any atom is 0.315 e. The second kappa shape index (κ2) is 7.62. The molecule has 0 spiro atoms. The zero-order valence-corrected chi connectivity index (χ0v) is 13.0. The number of nitrogens with one attached hydrogen (secondary N) is 2. The quantitative estimate of drug-likeness (QED) is 0.802. The molecule has 1 unspecified atom stereocenters. The second-order valence-corrected chi connectivity index (χ2v) is 6.09. The Kier molecular flexibility index (Phi) is 5.83. The van der Waals surface area contributed by atoms with Crippen LogP contribution in [0.4, 0.5) is 6.01 Å². The van der Waals surface area contributed by atoms with E-state index in [1.807, 2.05) is 0 Å². The molecule has 0 aliphatic heterocycles. The van der Waals surface area contributed by atoms with Crippen LogP contribution in [0.25, 0.3) is 0 Å². The van der Waals surface area contributed by atoms with E-state index in [-0.39, 0.29) is 0 Å². The van der Waals surface area contributed by atoms with E-state index in [1.165, 1.54) is 32.1 Å². The molecule has 1 aromatic heterocycles. The van der Waals surface area contributed by atoms with Gasteiger partial charge in [-0.1, -0.05) is 45.1 Å². The molecule has 0 aromatic carbocycles. The van der Waals surface area contributed by atoms with Crippen molar-refractivity contribution in [1.82, 2.24) is 15.5 Å². The standard InChI is InChI=1S/C15H28N4O/c1-4-13(12-8-6-5-7-9-12)17-15-19-18-14(20-15)10-16-11(2)3/h11-13,16H,4-10H2,1-3H3,(H,17,19). The van der Waals surface area contributed by atoms with E-state index in [1.54, 1.807) is 0 Å². The van der Waals surface area contributed by atoms with Crippen LogP contribution in [0.15, 0.2) is 4.42 Å². The van der Waals surface area contributed by atoms with Gasteiger partial charge in [0.1, 0.15) is 0 Å². The lowest BCUT2D eigenvalue weighted by Crippen LogP contribution is -2.30. The fourth-order valence-electron chi connectivity index (χ4n) is 2.92. The summed E-state index contributed by atoms with van der Waals surface area (Å²) in [6.45, 7) is 7.06. The van der Waals surface area contributed by atoms with Crippen molar-refractivity contribution in [3.63, 3.8) is 0 Å². The van der Waals surface area contributed by atoms with E-state index in [4.69, 9.17) is 4.42 Å². The molecule has 1 atom stereocenters. The number of nitrogens with zero attached hydrogens (tertiary/aromatic N) is 2. The normalized spacial score (nSPS) is 18.4. The molecule has 5 nitrogen and oxygen atoms in total. The molecule has 0 saturated heterocycles. The lowest BCUT2D eigenvalue weighted by Gasteiger charge is -2.29. The summed E-state index contributed by atoms with van der Waals surface area (Å²) < 4.78 is 5.66. The van der Waals surface area contributed by atoms with Crippen molar-refractivity contribution in [1.29, 1.82) is 0 Å². The highest BCUT2D eigenvalue weighted by Gasteiger charge is 2.23. The largest absolute Gasteiger partial charge is 0.407 e. The SMILES string of the molecule is CCC(Nc1nnc(CNC(C)C)o1)C1CCCCC1. The fraction of sp³-hybridized carbons (Fsp3) is 0.867. The Labute approximate surface area is 121 Å². The zero-order chi connectivity index (χ0) is 14.4. The van der Waals surface area contributed by atoms with Crippen LogP contribution in [-0.2, 0) is 6.54 Å². The Morgan fingerprint density at radius 1 is 1.20 bits per heavy atom. The van der Waals surface area contributed by atoms with Gasteiger partial charge in [-0.2, -0.15) is 0 Å². The van der Waals surface area contributed by atoms with Gasteiger partial charge in [0, 0.05) is 12.1 Å². The summed E-state index contributed by atoms with van der Waals surface area (Å²) in [5.74, 6) is 1.40. The summed E-state index contributed by atoms with van der Waals surface area (Å²) in [6, 6.07) is 1.45. The minimum Gasteiger partial charge on any atom is -0.407 e. The topological polar surface area (TPSA) is 63.0 Å². The van der Waals surface area contributed by atoms with Crippen molar-refractivity contribution >= 4 is 6.01 Å². The summed E-state index contributed by atoms with van der Waals surface area (Å²) in [5, 5.41) is 14.9. The van der Waals surface area contributed by atoms with Gasteiger partial charge in [-0.25, -0.2) is 0 Å². The van der Waals surface area contributed by atoms with Gasteiger partial charge >= 0.3 is 6.01 Å². The Morgan fingerprint density at radius 3 is 2.60 bits per heavy atom. The highest BCUT2D eigenvalue weighted by atomic mass is 16.4. The van der Waals surface area contributed by atoms with Crippen LogP contribution in [0.2, 0.25) is 0 Å². The fourth-order valence-corrected chi connectivity index (χ4v) is 2.92. The van der Waals surface area contributed by atoms with Crippen LogP contribution in [0, 0.1) is 5.92 Å². The Hall–Kier alpha value is -1.10. The van der Waals surface area contributed by atoms with Gasteiger partial charge in [-0.05, 0) is 25.2 Å². The maximum absolute atomic E-state index is 5.66. The summed E-state index contributed by atoms with van der Waals surface area (Å²) in [4.78, 5) is 0. The molecule has 1 aliphatic carbocycles.